The molecule has 20 heavy (non-hydrogen) atoms. The van der Waals surface area contributed by atoms with E-state index in [-0.39, 0.29) is 11.8 Å². The Balaban J connectivity index is 1.74. The smallest absolute Gasteiger partial charge is 0.179 e. The molecule has 0 aromatic heterocycles. The lowest BCUT2D eigenvalue weighted by atomic mass is 9.99. The van der Waals surface area contributed by atoms with Crippen LogP contribution < -0.4 is 0 Å². The van der Waals surface area contributed by atoms with Crippen molar-refractivity contribution in [1.82, 2.24) is 4.90 Å². The zero-order valence-corrected chi connectivity index (χ0v) is 12.6. The third-order valence-electron chi connectivity index (χ3n) is 4.79. The fourth-order valence-electron chi connectivity index (χ4n) is 3.26. The van der Waals surface area contributed by atoms with Gasteiger partial charge in [0.2, 0.25) is 0 Å². The molecular formula is C17H23NO2. The van der Waals surface area contributed by atoms with E-state index in [4.69, 9.17) is 4.74 Å². The van der Waals surface area contributed by atoms with Gasteiger partial charge in [0.15, 0.2) is 5.78 Å². The van der Waals surface area contributed by atoms with Crippen molar-refractivity contribution in [3.8, 4) is 0 Å². The van der Waals surface area contributed by atoms with Crippen molar-refractivity contribution < 1.29 is 9.53 Å². The first-order chi connectivity index (χ1) is 9.54. The van der Waals surface area contributed by atoms with Crippen molar-refractivity contribution in [2.45, 2.75) is 51.9 Å². The molecule has 0 N–H and O–H groups in total. The van der Waals surface area contributed by atoms with Gasteiger partial charge >= 0.3 is 0 Å². The Morgan fingerprint density at radius 1 is 1.20 bits per heavy atom. The fraction of sp³-hybridized carbons (Fsp3) is 0.588. The first-order valence-corrected chi connectivity index (χ1v) is 7.55. The van der Waals surface area contributed by atoms with Gasteiger partial charge in [-0.05, 0) is 50.8 Å². The molecule has 0 radical (unpaired) electrons. The van der Waals surface area contributed by atoms with Crippen LogP contribution in [0.5, 0.6) is 0 Å². The molecule has 3 atom stereocenters. The van der Waals surface area contributed by atoms with Gasteiger partial charge in [-0.3, -0.25) is 9.69 Å². The fourth-order valence-corrected chi connectivity index (χ4v) is 3.26. The maximum atomic E-state index is 12.7. The van der Waals surface area contributed by atoms with Crippen LogP contribution in [-0.2, 0) is 4.74 Å². The molecular weight excluding hydrogens is 250 g/mol. The summed E-state index contributed by atoms with van der Waals surface area (Å²) in [5, 5.41) is 0. The van der Waals surface area contributed by atoms with Gasteiger partial charge in [-0.25, -0.2) is 0 Å². The number of carbonyl (C=O) groups is 1. The third kappa shape index (κ3) is 2.52. The number of hydrogen-bond donors (Lipinski definition) is 0. The minimum absolute atomic E-state index is 0.0518. The van der Waals surface area contributed by atoms with Gasteiger partial charge in [0, 0.05) is 18.7 Å². The number of fused-ring (bicyclic) bond motifs is 2. The van der Waals surface area contributed by atoms with E-state index in [1.165, 1.54) is 11.1 Å². The summed E-state index contributed by atoms with van der Waals surface area (Å²) in [6, 6.07) is 5.96. The highest BCUT2D eigenvalue weighted by molar-refractivity contribution is 6.00. The predicted molar refractivity (Wildman–Crippen MR) is 79.2 cm³/mol. The average Bonchev–Trinajstić information content (AvgIpc) is 2.79. The number of ketones is 1. The number of morpholine rings is 1. The number of hydrogen-bond acceptors (Lipinski definition) is 3. The number of ether oxygens (including phenoxy) is 1. The molecule has 3 heteroatoms. The minimum Gasteiger partial charge on any atom is -0.372 e. The molecule has 2 saturated heterocycles. The van der Waals surface area contributed by atoms with E-state index in [1.807, 2.05) is 25.1 Å². The van der Waals surface area contributed by atoms with Crippen molar-refractivity contribution in [2.24, 2.45) is 0 Å². The highest BCUT2D eigenvalue weighted by atomic mass is 16.5. The van der Waals surface area contributed by atoms with Crippen molar-refractivity contribution in [3.05, 3.63) is 34.9 Å². The van der Waals surface area contributed by atoms with Crippen LogP contribution in [0.3, 0.4) is 0 Å². The maximum Gasteiger partial charge on any atom is 0.179 e. The lowest BCUT2D eigenvalue weighted by Crippen LogP contribution is -2.49. The molecule has 2 heterocycles. The molecule has 3 nitrogen and oxygen atoms in total. The Labute approximate surface area is 120 Å². The van der Waals surface area contributed by atoms with Crippen LogP contribution in [0.15, 0.2) is 18.2 Å². The zero-order valence-electron chi connectivity index (χ0n) is 12.6. The quantitative estimate of drug-likeness (QED) is 0.793. The van der Waals surface area contributed by atoms with E-state index < -0.39 is 0 Å². The molecule has 0 spiro atoms. The minimum atomic E-state index is -0.0518. The summed E-state index contributed by atoms with van der Waals surface area (Å²) in [7, 11) is 0. The zero-order chi connectivity index (χ0) is 14.3. The van der Waals surface area contributed by atoms with Gasteiger partial charge in [0.05, 0.1) is 18.2 Å². The molecule has 1 aromatic rings. The topological polar surface area (TPSA) is 29.5 Å². The Morgan fingerprint density at radius 3 is 2.45 bits per heavy atom. The van der Waals surface area contributed by atoms with Gasteiger partial charge in [0.25, 0.3) is 0 Å². The van der Waals surface area contributed by atoms with E-state index in [0.717, 1.165) is 31.5 Å². The van der Waals surface area contributed by atoms with Gasteiger partial charge in [0.1, 0.15) is 0 Å². The second kappa shape index (κ2) is 5.30. The lowest BCUT2D eigenvalue weighted by Gasteiger charge is -2.35. The Kier molecular flexibility index (Phi) is 3.65. The van der Waals surface area contributed by atoms with Crippen molar-refractivity contribution in [3.63, 3.8) is 0 Å². The molecule has 3 rings (SSSR count). The standard InChI is InChI=1S/C17H23NO2/c1-11-4-5-14(8-12(11)2)17(19)13(3)18-9-15-6-7-16(10-18)20-15/h4-5,8,13,15-16H,6-7,9-10H2,1-3H3. The normalized spacial score (nSPS) is 27.6. The number of aryl methyl sites for hydroxylation is 2. The summed E-state index contributed by atoms with van der Waals surface area (Å²) in [4.78, 5) is 15.0. The molecule has 0 aliphatic carbocycles. The van der Waals surface area contributed by atoms with E-state index in [0.29, 0.717) is 12.2 Å². The van der Waals surface area contributed by atoms with Crippen molar-refractivity contribution in [1.29, 1.82) is 0 Å². The van der Waals surface area contributed by atoms with Crippen LogP contribution in [0, 0.1) is 13.8 Å². The first-order valence-electron chi connectivity index (χ1n) is 7.55. The Morgan fingerprint density at radius 2 is 1.85 bits per heavy atom. The second-order valence-electron chi connectivity index (χ2n) is 6.25. The summed E-state index contributed by atoms with van der Waals surface area (Å²) in [6.07, 6.45) is 2.96. The Bertz CT molecular complexity index is 514. The van der Waals surface area contributed by atoms with Gasteiger partial charge < -0.3 is 4.74 Å². The van der Waals surface area contributed by atoms with E-state index in [1.54, 1.807) is 0 Å². The van der Waals surface area contributed by atoms with Gasteiger partial charge in [-0.15, -0.1) is 0 Å². The number of likely N-dealkylation sites (tertiary alicyclic amines) is 1. The average molecular weight is 273 g/mol. The monoisotopic (exact) mass is 273 g/mol. The largest absolute Gasteiger partial charge is 0.372 e. The molecule has 2 fully saturated rings. The summed E-state index contributed by atoms with van der Waals surface area (Å²) in [5.74, 6) is 0.231. The molecule has 1 aromatic carbocycles. The predicted octanol–water partition coefficient (Wildman–Crippen LogP) is 2.74. The highest BCUT2D eigenvalue weighted by Gasteiger charge is 2.37. The van der Waals surface area contributed by atoms with Gasteiger partial charge in [-0.2, -0.15) is 0 Å². The van der Waals surface area contributed by atoms with Crippen LogP contribution in [0.25, 0.3) is 0 Å². The van der Waals surface area contributed by atoms with Crippen molar-refractivity contribution >= 4 is 5.78 Å². The van der Waals surface area contributed by atoms with Crippen LogP contribution in [-0.4, -0.2) is 42.0 Å². The first kappa shape index (κ1) is 13.8. The van der Waals surface area contributed by atoms with Gasteiger partial charge in [-0.1, -0.05) is 12.1 Å². The van der Waals surface area contributed by atoms with Crippen LogP contribution in [0.2, 0.25) is 0 Å². The summed E-state index contributed by atoms with van der Waals surface area (Å²) < 4.78 is 5.84. The summed E-state index contributed by atoms with van der Waals surface area (Å²) in [5.41, 5.74) is 3.25. The summed E-state index contributed by atoms with van der Waals surface area (Å²) in [6.45, 7) is 7.96. The Hall–Kier alpha value is -1.19. The van der Waals surface area contributed by atoms with Crippen LogP contribution in [0.1, 0.15) is 41.3 Å². The number of Topliss-reactive ketones (excluding diaryl/α,β-unsaturated/α-hetero) is 1. The molecule has 0 amide bonds. The van der Waals surface area contributed by atoms with E-state index >= 15 is 0 Å². The SMILES string of the molecule is Cc1ccc(C(=O)C(C)N2CC3CCC(C2)O3)cc1C. The van der Waals surface area contributed by atoms with E-state index in [2.05, 4.69) is 18.7 Å². The lowest BCUT2D eigenvalue weighted by molar-refractivity contribution is -0.0464. The molecule has 108 valence electrons. The van der Waals surface area contributed by atoms with E-state index in [9.17, 15) is 4.79 Å². The number of nitrogens with zero attached hydrogens (tertiary/aromatic N) is 1. The number of carbonyl (C=O) groups excluding carboxylic acids is 1. The third-order valence-corrected chi connectivity index (χ3v) is 4.79. The molecule has 3 unspecified atom stereocenters. The summed E-state index contributed by atoms with van der Waals surface area (Å²) >= 11 is 0. The number of benzene rings is 1. The maximum absolute atomic E-state index is 12.7. The second-order valence-corrected chi connectivity index (χ2v) is 6.25. The molecule has 2 bridgehead atoms. The van der Waals surface area contributed by atoms with Crippen LogP contribution in [0.4, 0.5) is 0 Å². The molecule has 2 aliphatic heterocycles. The molecule has 2 aliphatic rings. The van der Waals surface area contributed by atoms with Crippen LogP contribution >= 0.6 is 0 Å². The van der Waals surface area contributed by atoms with Crippen molar-refractivity contribution in [2.75, 3.05) is 13.1 Å². The highest BCUT2D eigenvalue weighted by Crippen LogP contribution is 2.28. The molecule has 0 saturated carbocycles. The number of rotatable bonds is 3.